The van der Waals surface area contributed by atoms with E-state index in [-0.39, 0.29) is 5.92 Å². The number of fused-ring (bicyclic) bond motifs is 1. The average molecular weight is 231 g/mol. The lowest BCUT2D eigenvalue weighted by Crippen LogP contribution is -2.35. The molecule has 1 unspecified atom stereocenters. The maximum absolute atomic E-state index is 12.4. The number of Topliss-reactive ketones (excluding diaryl/α,β-unsaturated/α-hetero) is 1. The molecule has 0 N–H and O–H groups in total. The lowest BCUT2D eigenvalue weighted by Gasteiger charge is -2.28. The predicted molar refractivity (Wildman–Crippen MR) is 70.4 cm³/mol. The standard InChI is InChI=1S/C15H21NO/c1-3-16(4-2)11-13-10-9-12-7-5-6-8-14(12)15(13)17/h5-8,13H,3-4,9-11H2,1-2H3. The van der Waals surface area contributed by atoms with Gasteiger partial charge < -0.3 is 4.90 Å². The summed E-state index contributed by atoms with van der Waals surface area (Å²) in [6.07, 6.45) is 2.06. The van der Waals surface area contributed by atoms with Crippen molar-refractivity contribution in [1.29, 1.82) is 0 Å². The van der Waals surface area contributed by atoms with Gasteiger partial charge in [-0.1, -0.05) is 38.1 Å². The third kappa shape index (κ3) is 2.58. The van der Waals surface area contributed by atoms with Crippen LogP contribution in [-0.2, 0) is 6.42 Å². The first kappa shape index (κ1) is 12.3. The van der Waals surface area contributed by atoms with Crippen molar-refractivity contribution >= 4 is 5.78 Å². The van der Waals surface area contributed by atoms with E-state index in [1.165, 1.54) is 5.56 Å². The second kappa shape index (κ2) is 5.46. The van der Waals surface area contributed by atoms with Gasteiger partial charge in [-0.05, 0) is 31.5 Å². The number of nitrogens with zero attached hydrogens (tertiary/aromatic N) is 1. The maximum atomic E-state index is 12.4. The highest BCUT2D eigenvalue weighted by atomic mass is 16.1. The van der Waals surface area contributed by atoms with Crippen molar-refractivity contribution < 1.29 is 4.79 Å². The number of hydrogen-bond acceptors (Lipinski definition) is 2. The van der Waals surface area contributed by atoms with Crippen LogP contribution in [0.2, 0.25) is 0 Å². The molecule has 92 valence electrons. The molecule has 0 spiro atoms. The third-order valence-electron chi connectivity index (χ3n) is 3.79. The van der Waals surface area contributed by atoms with Crippen LogP contribution in [0.25, 0.3) is 0 Å². The van der Waals surface area contributed by atoms with Gasteiger partial charge in [0.1, 0.15) is 0 Å². The number of ketones is 1. The summed E-state index contributed by atoms with van der Waals surface area (Å²) < 4.78 is 0. The van der Waals surface area contributed by atoms with Gasteiger partial charge in [-0.3, -0.25) is 4.79 Å². The Kier molecular flexibility index (Phi) is 3.95. The Bertz CT molecular complexity index is 396. The molecule has 0 fully saturated rings. The largest absolute Gasteiger partial charge is 0.303 e. The molecule has 1 aliphatic rings. The van der Waals surface area contributed by atoms with E-state index < -0.39 is 0 Å². The number of carbonyl (C=O) groups is 1. The molecule has 2 nitrogen and oxygen atoms in total. The number of benzene rings is 1. The quantitative estimate of drug-likeness (QED) is 0.794. The lowest BCUT2D eigenvalue weighted by atomic mass is 9.82. The van der Waals surface area contributed by atoms with Crippen LogP contribution in [0.1, 0.15) is 36.2 Å². The van der Waals surface area contributed by atoms with E-state index in [1.807, 2.05) is 18.2 Å². The smallest absolute Gasteiger partial charge is 0.167 e. The SMILES string of the molecule is CCN(CC)CC1CCc2ccccc2C1=O. The van der Waals surface area contributed by atoms with Gasteiger partial charge in [-0.25, -0.2) is 0 Å². The van der Waals surface area contributed by atoms with Crippen molar-refractivity contribution in [1.82, 2.24) is 4.90 Å². The number of hydrogen-bond donors (Lipinski definition) is 0. The topological polar surface area (TPSA) is 20.3 Å². The molecule has 0 saturated heterocycles. The molecule has 0 amide bonds. The molecule has 1 atom stereocenters. The summed E-state index contributed by atoms with van der Waals surface area (Å²) in [6.45, 7) is 7.29. The fraction of sp³-hybridized carbons (Fsp3) is 0.533. The molecule has 0 aliphatic heterocycles. The first-order chi connectivity index (χ1) is 8.26. The summed E-state index contributed by atoms with van der Waals surface area (Å²) >= 11 is 0. The Hall–Kier alpha value is -1.15. The third-order valence-corrected chi connectivity index (χ3v) is 3.79. The molecule has 0 saturated carbocycles. The van der Waals surface area contributed by atoms with E-state index in [1.54, 1.807) is 0 Å². The Labute approximate surface area is 104 Å². The van der Waals surface area contributed by atoms with E-state index in [4.69, 9.17) is 0 Å². The van der Waals surface area contributed by atoms with Gasteiger partial charge in [0, 0.05) is 18.0 Å². The fourth-order valence-electron chi connectivity index (χ4n) is 2.63. The average Bonchev–Trinajstić information content (AvgIpc) is 2.38. The molecule has 17 heavy (non-hydrogen) atoms. The van der Waals surface area contributed by atoms with Gasteiger partial charge in [0.05, 0.1) is 0 Å². The predicted octanol–water partition coefficient (Wildman–Crippen LogP) is 2.77. The first-order valence-electron chi connectivity index (χ1n) is 6.60. The van der Waals surface area contributed by atoms with E-state index in [0.29, 0.717) is 5.78 Å². The van der Waals surface area contributed by atoms with Crippen molar-refractivity contribution in [3.8, 4) is 0 Å². The Morgan fingerprint density at radius 1 is 1.24 bits per heavy atom. The van der Waals surface area contributed by atoms with Crippen LogP contribution in [0.15, 0.2) is 24.3 Å². The fourth-order valence-corrected chi connectivity index (χ4v) is 2.63. The van der Waals surface area contributed by atoms with Gasteiger partial charge in [0.15, 0.2) is 5.78 Å². The van der Waals surface area contributed by atoms with Crippen LogP contribution < -0.4 is 0 Å². The minimum atomic E-state index is 0.199. The molecule has 2 rings (SSSR count). The van der Waals surface area contributed by atoms with Crippen molar-refractivity contribution in [3.63, 3.8) is 0 Å². The lowest BCUT2D eigenvalue weighted by molar-refractivity contribution is 0.0863. The van der Waals surface area contributed by atoms with Gasteiger partial charge in [0.2, 0.25) is 0 Å². The zero-order chi connectivity index (χ0) is 12.3. The van der Waals surface area contributed by atoms with Crippen LogP contribution in [0.5, 0.6) is 0 Å². The van der Waals surface area contributed by atoms with Crippen LogP contribution in [0.3, 0.4) is 0 Å². The van der Waals surface area contributed by atoms with Crippen LogP contribution in [-0.4, -0.2) is 30.3 Å². The van der Waals surface area contributed by atoms with Crippen LogP contribution in [0.4, 0.5) is 0 Å². The van der Waals surface area contributed by atoms with Gasteiger partial charge in [0.25, 0.3) is 0 Å². The second-order valence-electron chi connectivity index (χ2n) is 4.74. The molecular weight excluding hydrogens is 210 g/mol. The number of rotatable bonds is 4. The zero-order valence-corrected chi connectivity index (χ0v) is 10.8. The van der Waals surface area contributed by atoms with Crippen LogP contribution in [0, 0.1) is 5.92 Å². The van der Waals surface area contributed by atoms with Crippen molar-refractivity contribution in [3.05, 3.63) is 35.4 Å². The van der Waals surface area contributed by atoms with Gasteiger partial charge in [-0.2, -0.15) is 0 Å². The minimum Gasteiger partial charge on any atom is -0.303 e. The molecule has 0 radical (unpaired) electrons. The van der Waals surface area contributed by atoms with Crippen molar-refractivity contribution in [2.75, 3.05) is 19.6 Å². The summed E-state index contributed by atoms with van der Waals surface area (Å²) in [4.78, 5) is 14.7. The highest BCUT2D eigenvalue weighted by Crippen LogP contribution is 2.25. The summed E-state index contributed by atoms with van der Waals surface area (Å²) in [7, 11) is 0. The normalized spacial score (nSPS) is 19.5. The molecular formula is C15H21NO. The van der Waals surface area contributed by atoms with E-state index >= 15 is 0 Å². The minimum absolute atomic E-state index is 0.199. The van der Waals surface area contributed by atoms with E-state index in [0.717, 1.165) is 38.0 Å². The van der Waals surface area contributed by atoms with E-state index in [9.17, 15) is 4.79 Å². The molecule has 1 aromatic carbocycles. The van der Waals surface area contributed by atoms with E-state index in [2.05, 4.69) is 24.8 Å². The number of aryl methyl sites for hydroxylation is 1. The van der Waals surface area contributed by atoms with Gasteiger partial charge >= 0.3 is 0 Å². The second-order valence-corrected chi connectivity index (χ2v) is 4.74. The van der Waals surface area contributed by atoms with Crippen molar-refractivity contribution in [2.45, 2.75) is 26.7 Å². The van der Waals surface area contributed by atoms with Crippen molar-refractivity contribution in [2.24, 2.45) is 5.92 Å². The Morgan fingerprint density at radius 2 is 1.94 bits per heavy atom. The Balaban J connectivity index is 2.12. The number of carbonyl (C=O) groups excluding carboxylic acids is 1. The summed E-state index contributed by atoms with van der Waals surface area (Å²) in [6, 6.07) is 8.06. The highest BCUT2D eigenvalue weighted by Gasteiger charge is 2.27. The van der Waals surface area contributed by atoms with Gasteiger partial charge in [-0.15, -0.1) is 0 Å². The first-order valence-corrected chi connectivity index (χ1v) is 6.60. The molecule has 0 aromatic heterocycles. The molecule has 2 heteroatoms. The summed E-state index contributed by atoms with van der Waals surface area (Å²) in [5.41, 5.74) is 2.18. The maximum Gasteiger partial charge on any atom is 0.167 e. The monoisotopic (exact) mass is 231 g/mol. The summed E-state index contributed by atoms with van der Waals surface area (Å²) in [5.74, 6) is 0.545. The Morgan fingerprint density at radius 3 is 2.65 bits per heavy atom. The van der Waals surface area contributed by atoms with Crippen LogP contribution >= 0.6 is 0 Å². The molecule has 1 aromatic rings. The zero-order valence-electron chi connectivity index (χ0n) is 10.8. The molecule has 0 heterocycles. The highest BCUT2D eigenvalue weighted by molar-refractivity contribution is 6.00. The molecule has 1 aliphatic carbocycles. The molecule has 0 bridgehead atoms. The summed E-state index contributed by atoms with van der Waals surface area (Å²) in [5, 5.41) is 0.